The van der Waals surface area contributed by atoms with Crippen molar-refractivity contribution in [3.05, 3.63) is 65.7 Å². The van der Waals surface area contributed by atoms with Gasteiger partial charge in [0.15, 0.2) is 0 Å². The van der Waals surface area contributed by atoms with E-state index in [4.69, 9.17) is 9.84 Å². The summed E-state index contributed by atoms with van der Waals surface area (Å²) < 4.78 is 5.23. The summed E-state index contributed by atoms with van der Waals surface area (Å²) in [6, 6.07) is 17.2. The van der Waals surface area contributed by atoms with Gasteiger partial charge in [-0.15, -0.1) is 0 Å². The fourth-order valence-electron chi connectivity index (χ4n) is 2.59. The van der Waals surface area contributed by atoms with E-state index in [9.17, 15) is 4.79 Å². The second kappa shape index (κ2) is 8.96. The molecule has 122 valence electrons. The van der Waals surface area contributed by atoms with Crippen molar-refractivity contribution in [1.29, 1.82) is 0 Å². The van der Waals surface area contributed by atoms with Crippen LogP contribution in [0.1, 0.15) is 34.7 Å². The molecule has 1 amide bonds. The highest BCUT2D eigenvalue weighted by molar-refractivity contribution is 5.96. The molecule has 4 nitrogen and oxygen atoms in total. The molecule has 0 aliphatic carbocycles. The molecule has 0 aromatic heterocycles. The average molecular weight is 313 g/mol. The molecule has 2 aromatic rings. The van der Waals surface area contributed by atoms with E-state index in [-0.39, 0.29) is 18.4 Å². The summed E-state index contributed by atoms with van der Waals surface area (Å²) in [7, 11) is 1.56. The van der Waals surface area contributed by atoms with E-state index in [1.165, 1.54) is 5.56 Å². The average Bonchev–Trinajstić information content (AvgIpc) is 2.62. The Bertz CT molecular complexity index is 613. The molecule has 2 N–H and O–H groups in total. The van der Waals surface area contributed by atoms with Gasteiger partial charge >= 0.3 is 0 Å². The first-order valence-corrected chi connectivity index (χ1v) is 7.83. The van der Waals surface area contributed by atoms with Gasteiger partial charge < -0.3 is 15.2 Å². The zero-order valence-electron chi connectivity index (χ0n) is 13.4. The number of carbonyl (C=O) groups excluding carboxylic acids is 1. The molecule has 2 rings (SSSR count). The molecule has 2 aromatic carbocycles. The maximum absolute atomic E-state index is 12.4. The molecule has 0 spiro atoms. The van der Waals surface area contributed by atoms with Gasteiger partial charge in [0.2, 0.25) is 0 Å². The van der Waals surface area contributed by atoms with Gasteiger partial charge in [0.1, 0.15) is 5.75 Å². The molecular weight excluding hydrogens is 290 g/mol. The minimum Gasteiger partial charge on any atom is -0.496 e. The van der Waals surface area contributed by atoms with Crippen molar-refractivity contribution >= 4 is 5.91 Å². The highest BCUT2D eigenvalue weighted by Gasteiger charge is 2.15. The lowest BCUT2D eigenvalue weighted by Gasteiger charge is -2.18. The zero-order chi connectivity index (χ0) is 16.5. The Labute approximate surface area is 137 Å². The third-order valence-electron chi connectivity index (χ3n) is 3.84. The molecule has 4 heteroatoms. The molecule has 0 unspecified atom stereocenters. The highest BCUT2D eigenvalue weighted by atomic mass is 16.5. The highest BCUT2D eigenvalue weighted by Crippen LogP contribution is 2.21. The number of methoxy groups -OCH3 is 1. The largest absolute Gasteiger partial charge is 0.496 e. The number of benzene rings is 2. The van der Waals surface area contributed by atoms with E-state index in [0.29, 0.717) is 24.3 Å². The Morgan fingerprint density at radius 2 is 1.83 bits per heavy atom. The smallest absolute Gasteiger partial charge is 0.255 e. The van der Waals surface area contributed by atoms with Crippen molar-refractivity contribution in [3.8, 4) is 5.75 Å². The monoisotopic (exact) mass is 313 g/mol. The van der Waals surface area contributed by atoms with Gasteiger partial charge in [0, 0.05) is 19.1 Å². The molecule has 0 saturated carbocycles. The van der Waals surface area contributed by atoms with Crippen LogP contribution in [0, 0.1) is 0 Å². The van der Waals surface area contributed by atoms with E-state index < -0.39 is 0 Å². The zero-order valence-corrected chi connectivity index (χ0v) is 13.4. The van der Waals surface area contributed by atoms with Crippen LogP contribution in [0.4, 0.5) is 0 Å². The summed E-state index contributed by atoms with van der Waals surface area (Å²) in [5.74, 6) is 0.603. The minimum atomic E-state index is -0.146. The molecule has 0 aliphatic heterocycles. The SMILES string of the molecule is COc1ccccc1C(=O)NC[C@@H](CCCO)c1ccccc1. The summed E-state index contributed by atoms with van der Waals surface area (Å²) in [4.78, 5) is 12.4. The Morgan fingerprint density at radius 3 is 2.52 bits per heavy atom. The van der Waals surface area contributed by atoms with Crippen molar-refractivity contribution in [1.82, 2.24) is 5.32 Å². The van der Waals surface area contributed by atoms with Gasteiger partial charge in [-0.1, -0.05) is 42.5 Å². The lowest BCUT2D eigenvalue weighted by molar-refractivity contribution is 0.0947. The van der Waals surface area contributed by atoms with Crippen molar-refractivity contribution in [2.24, 2.45) is 0 Å². The fourth-order valence-corrected chi connectivity index (χ4v) is 2.59. The van der Waals surface area contributed by atoms with Crippen molar-refractivity contribution in [2.75, 3.05) is 20.3 Å². The van der Waals surface area contributed by atoms with Crippen LogP contribution in [0.3, 0.4) is 0 Å². The maximum atomic E-state index is 12.4. The third kappa shape index (κ3) is 4.83. The van der Waals surface area contributed by atoms with Crippen LogP contribution in [0.25, 0.3) is 0 Å². The molecular formula is C19H23NO3. The number of para-hydroxylation sites is 1. The Morgan fingerprint density at radius 1 is 1.13 bits per heavy atom. The van der Waals surface area contributed by atoms with Crippen LogP contribution in [-0.2, 0) is 0 Å². The summed E-state index contributed by atoms with van der Waals surface area (Å²) in [5, 5.41) is 12.1. The van der Waals surface area contributed by atoms with Crippen molar-refractivity contribution in [3.63, 3.8) is 0 Å². The van der Waals surface area contributed by atoms with E-state index in [2.05, 4.69) is 17.4 Å². The number of carbonyl (C=O) groups is 1. The molecule has 0 radical (unpaired) electrons. The van der Waals surface area contributed by atoms with Crippen LogP contribution < -0.4 is 10.1 Å². The summed E-state index contributed by atoms with van der Waals surface area (Å²) >= 11 is 0. The van der Waals surface area contributed by atoms with Crippen LogP contribution in [0.5, 0.6) is 5.75 Å². The first kappa shape index (κ1) is 17.0. The third-order valence-corrected chi connectivity index (χ3v) is 3.84. The van der Waals surface area contributed by atoms with Gasteiger partial charge in [-0.05, 0) is 30.5 Å². The molecule has 0 aliphatic rings. The predicted molar refractivity (Wildman–Crippen MR) is 90.8 cm³/mol. The Balaban J connectivity index is 2.04. The van der Waals surface area contributed by atoms with Gasteiger partial charge in [0.05, 0.1) is 12.7 Å². The number of aliphatic hydroxyl groups excluding tert-OH is 1. The standard InChI is InChI=1S/C19H23NO3/c1-23-18-12-6-5-11-17(18)19(22)20-14-16(10-7-13-21)15-8-3-2-4-9-15/h2-6,8-9,11-12,16,21H,7,10,13-14H2,1H3,(H,20,22)/t16-/m1/s1. The molecule has 0 fully saturated rings. The van der Waals surface area contributed by atoms with Gasteiger partial charge in [-0.2, -0.15) is 0 Å². The minimum absolute atomic E-state index is 0.146. The second-order valence-corrected chi connectivity index (χ2v) is 5.38. The summed E-state index contributed by atoms with van der Waals surface area (Å²) in [5.41, 5.74) is 1.70. The molecule has 0 bridgehead atoms. The molecule has 1 atom stereocenters. The number of hydrogen-bond acceptors (Lipinski definition) is 3. The topological polar surface area (TPSA) is 58.6 Å². The molecule has 0 heterocycles. The fraction of sp³-hybridized carbons (Fsp3) is 0.316. The molecule has 23 heavy (non-hydrogen) atoms. The lowest BCUT2D eigenvalue weighted by atomic mass is 9.94. The van der Waals surface area contributed by atoms with Crippen molar-refractivity contribution < 1.29 is 14.6 Å². The number of rotatable bonds is 8. The number of amides is 1. The predicted octanol–water partition coefficient (Wildman–Crippen LogP) is 2.98. The quantitative estimate of drug-likeness (QED) is 0.787. The Hall–Kier alpha value is -2.33. The maximum Gasteiger partial charge on any atom is 0.255 e. The van der Waals surface area contributed by atoms with E-state index in [1.807, 2.05) is 30.3 Å². The van der Waals surface area contributed by atoms with E-state index in [1.54, 1.807) is 19.2 Å². The second-order valence-electron chi connectivity index (χ2n) is 5.38. The normalized spacial score (nSPS) is 11.7. The van der Waals surface area contributed by atoms with Gasteiger partial charge in [-0.25, -0.2) is 0 Å². The van der Waals surface area contributed by atoms with Crippen LogP contribution in [0.2, 0.25) is 0 Å². The van der Waals surface area contributed by atoms with E-state index in [0.717, 1.165) is 6.42 Å². The first-order chi connectivity index (χ1) is 11.3. The number of nitrogens with one attached hydrogen (secondary N) is 1. The van der Waals surface area contributed by atoms with Crippen molar-refractivity contribution in [2.45, 2.75) is 18.8 Å². The number of hydrogen-bond donors (Lipinski definition) is 2. The number of aliphatic hydroxyl groups is 1. The van der Waals surface area contributed by atoms with Crippen LogP contribution in [-0.4, -0.2) is 31.3 Å². The lowest BCUT2D eigenvalue weighted by Crippen LogP contribution is -2.29. The van der Waals surface area contributed by atoms with Gasteiger partial charge in [-0.3, -0.25) is 4.79 Å². The van der Waals surface area contributed by atoms with Crippen LogP contribution >= 0.6 is 0 Å². The summed E-state index contributed by atoms with van der Waals surface area (Å²) in [6.45, 7) is 0.685. The summed E-state index contributed by atoms with van der Waals surface area (Å²) in [6.07, 6.45) is 1.54. The molecule has 0 saturated heterocycles. The van der Waals surface area contributed by atoms with E-state index >= 15 is 0 Å². The Kier molecular flexibility index (Phi) is 6.63. The first-order valence-electron chi connectivity index (χ1n) is 7.83. The van der Waals surface area contributed by atoms with Crippen LogP contribution in [0.15, 0.2) is 54.6 Å². The number of ether oxygens (including phenoxy) is 1. The van der Waals surface area contributed by atoms with Gasteiger partial charge in [0.25, 0.3) is 5.91 Å².